The monoisotopic (exact) mass is 292 g/mol. The van der Waals surface area contributed by atoms with E-state index in [9.17, 15) is 14.7 Å². The minimum absolute atomic E-state index is 0.393. The van der Waals surface area contributed by atoms with Crippen LogP contribution in [0, 0.1) is 5.92 Å². The molecule has 2 rings (SSSR count). The summed E-state index contributed by atoms with van der Waals surface area (Å²) < 4.78 is 5.25. The number of amides is 2. The molecule has 21 heavy (non-hydrogen) atoms. The Hall–Kier alpha value is -2.08. The number of carboxylic acids is 1. The van der Waals surface area contributed by atoms with Crippen molar-refractivity contribution in [1.29, 1.82) is 0 Å². The van der Waals surface area contributed by atoms with Crippen molar-refractivity contribution in [3.63, 3.8) is 0 Å². The van der Waals surface area contributed by atoms with Crippen molar-refractivity contribution in [3.8, 4) is 0 Å². The molecule has 1 fully saturated rings. The van der Waals surface area contributed by atoms with Gasteiger partial charge in [-0.2, -0.15) is 0 Å². The topological polar surface area (TPSA) is 87.7 Å². The summed E-state index contributed by atoms with van der Waals surface area (Å²) in [6, 6.07) is 7.14. The van der Waals surface area contributed by atoms with Crippen LogP contribution < -0.4 is 10.6 Å². The molecule has 0 aromatic heterocycles. The van der Waals surface area contributed by atoms with Gasteiger partial charge in [-0.3, -0.25) is 0 Å². The first-order valence-electron chi connectivity index (χ1n) is 7.06. The minimum atomic E-state index is -1.08. The molecule has 1 saturated heterocycles. The summed E-state index contributed by atoms with van der Waals surface area (Å²) in [6.07, 6.45) is 1.84. The molecule has 114 valence electrons. The molecule has 6 heteroatoms. The lowest BCUT2D eigenvalue weighted by atomic mass is 10.0. The third-order valence-electron chi connectivity index (χ3n) is 3.55. The molecule has 0 aliphatic carbocycles. The zero-order valence-corrected chi connectivity index (χ0v) is 11.7. The quantitative estimate of drug-likeness (QED) is 0.768. The molecule has 0 bridgehead atoms. The van der Waals surface area contributed by atoms with Gasteiger partial charge in [0.1, 0.15) is 0 Å². The number of aliphatic carboxylic acids is 1. The van der Waals surface area contributed by atoms with Crippen LogP contribution in [0.5, 0.6) is 0 Å². The number of carbonyl (C=O) groups is 2. The zero-order chi connectivity index (χ0) is 15.1. The summed E-state index contributed by atoms with van der Waals surface area (Å²) >= 11 is 0. The fraction of sp³-hybridized carbons (Fsp3) is 0.467. The molecule has 2 amide bonds. The van der Waals surface area contributed by atoms with E-state index in [-0.39, 0.29) is 0 Å². The van der Waals surface area contributed by atoms with Crippen LogP contribution in [0.3, 0.4) is 0 Å². The van der Waals surface area contributed by atoms with Crippen LogP contribution in [0.15, 0.2) is 30.3 Å². The number of carbonyl (C=O) groups excluding carboxylic acids is 1. The third-order valence-corrected chi connectivity index (χ3v) is 3.55. The lowest BCUT2D eigenvalue weighted by molar-refractivity contribution is -0.139. The van der Waals surface area contributed by atoms with Crippen LogP contribution in [0.4, 0.5) is 4.79 Å². The highest BCUT2D eigenvalue weighted by molar-refractivity contribution is 5.83. The van der Waals surface area contributed by atoms with Crippen molar-refractivity contribution < 1.29 is 19.4 Å². The Morgan fingerprint density at radius 3 is 2.52 bits per heavy atom. The van der Waals surface area contributed by atoms with Crippen molar-refractivity contribution in [1.82, 2.24) is 10.6 Å². The largest absolute Gasteiger partial charge is 0.479 e. The maximum absolute atomic E-state index is 11.9. The van der Waals surface area contributed by atoms with Crippen LogP contribution in [0.1, 0.15) is 24.4 Å². The first kappa shape index (κ1) is 15.3. The van der Waals surface area contributed by atoms with Gasteiger partial charge in [0.15, 0.2) is 6.04 Å². The number of rotatable bonds is 5. The summed E-state index contributed by atoms with van der Waals surface area (Å²) in [6.45, 7) is 1.97. The van der Waals surface area contributed by atoms with E-state index in [2.05, 4.69) is 10.6 Å². The second-order valence-corrected chi connectivity index (χ2v) is 5.09. The first-order chi connectivity index (χ1) is 10.2. The summed E-state index contributed by atoms with van der Waals surface area (Å²) in [5, 5.41) is 14.5. The summed E-state index contributed by atoms with van der Waals surface area (Å²) in [5.74, 6) is -0.688. The molecule has 1 atom stereocenters. The van der Waals surface area contributed by atoms with E-state index in [1.807, 2.05) is 0 Å². The highest BCUT2D eigenvalue weighted by atomic mass is 16.5. The number of carboxylic acid groups (broad SMARTS) is 1. The maximum Gasteiger partial charge on any atom is 0.330 e. The lowest BCUT2D eigenvalue weighted by Gasteiger charge is -2.23. The zero-order valence-electron chi connectivity index (χ0n) is 11.7. The first-order valence-corrected chi connectivity index (χ1v) is 7.06. The molecule has 1 aromatic carbocycles. The number of hydrogen-bond donors (Lipinski definition) is 3. The molecule has 1 heterocycles. The maximum atomic E-state index is 11.9. The molecule has 1 aliphatic rings. The molecular formula is C15H20N2O4. The Morgan fingerprint density at radius 2 is 1.90 bits per heavy atom. The van der Waals surface area contributed by atoms with Gasteiger partial charge in [-0.25, -0.2) is 9.59 Å². The van der Waals surface area contributed by atoms with Crippen LogP contribution >= 0.6 is 0 Å². The SMILES string of the molecule is O=C(NCC1CCOCC1)N[C@H](C(=O)O)c1ccccc1. The van der Waals surface area contributed by atoms with Crippen LogP contribution in [-0.4, -0.2) is 36.9 Å². The third kappa shape index (κ3) is 4.75. The smallest absolute Gasteiger partial charge is 0.330 e. The summed E-state index contributed by atoms with van der Waals surface area (Å²) in [5.41, 5.74) is 0.547. The van der Waals surface area contributed by atoms with Gasteiger partial charge in [0.05, 0.1) is 0 Å². The van der Waals surface area contributed by atoms with Crippen molar-refractivity contribution in [2.75, 3.05) is 19.8 Å². The second kappa shape index (κ2) is 7.64. The molecular weight excluding hydrogens is 272 g/mol. The Bertz CT molecular complexity index is 472. The predicted molar refractivity (Wildman–Crippen MR) is 76.9 cm³/mol. The van der Waals surface area contributed by atoms with E-state index < -0.39 is 18.0 Å². The Kier molecular flexibility index (Phi) is 5.57. The van der Waals surface area contributed by atoms with Crippen LogP contribution in [0.25, 0.3) is 0 Å². The number of nitrogens with one attached hydrogen (secondary N) is 2. The normalized spacial score (nSPS) is 17.0. The fourth-order valence-corrected chi connectivity index (χ4v) is 2.30. The van der Waals surface area contributed by atoms with Gasteiger partial charge in [-0.05, 0) is 24.3 Å². The van der Waals surface area contributed by atoms with E-state index in [1.165, 1.54) is 0 Å². The Morgan fingerprint density at radius 1 is 1.24 bits per heavy atom. The van der Waals surface area contributed by atoms with Gasteiger partial charge >= 0.3 is 12.0 Å². The van der Waals surface area contributed by atoms with Gasteiger partial charge in [0.25, 0.3) is 0 Å². The van der Waals surface area contributed by atoms with Crippen molar-refractivity contribution in [3.05, 3.63) is 35.9 Å². The van der Waals surface area contributed by atoms with Crippen LogP contribution in [0.2, 0.25) is 0 Å². The van der Waals surface area contributed by atoms with E-state index in [0.29, 0.717) is 18.0 Å². The van der Waals surface area contributed by atoms with Crippen molar-refractivity contribution in [2.45, 2.75) is 18.9 Å². The molecule has 0 radical (unpaired) electrons. The molecule has 6 nitrogen and oxygen atoms in total. The molecule has 0 spiro atoms. The van der Waals surface area contributed by atoms with E-state index >= 15 is 0 Å². The Labute approximate surface area is 123 Å². The molecule has 3 N–H and O–H groups in total. The van der Waals surface area contributed by atoms with Gasteiger partial charge < -0.3 is 20.5 Å². The van der Waals surface area contributed by atoms with Crippen molar-refractivity contribution in [2.24, 2.45) is 5.92 Å². The van der Waals surface area contributed by atoms with Gasteiger partial charge in [-0.1, -0.05) is 30.3 Å². The lowest BCUT2D eigenvalue weighted by Crippen LogP contribution is -2.43. The second-order valence-electron chi connectivity index (χ2n) is 5.09. The molecule has 1 aliphatic heterocycles. The molecule has 0 unspecified atom stereocenters. The number of benzene rings is 1. The standard InChI is InChI=1S/C15H20N2O4/c18-14(19)13(12-4-2-1-3-5-12)17-15(20)16-10-11-6-8-21-9-7-11/h1-5,11,13H,6-10H2,(H,18,19)(H2,16,17,20)/t13-/m0/s1. The summed E-state index contributed by atoms with van der Waals surface area (Å²) in [4.78, 5) is 23.1. The van der Waals surface area contributed by atoms with Gasteiger partial charge in [0.2, 0.25) is 0 Å². The van der Waals surface area contributed by atoms with E-state index in [4.69, 9.17) is 4.74 Å². The molecule has 0 saturated carbocycles. The number of urea groups is 1. The van der Waals surface area contributed by atoms with E-state index in [1.54, 1.807) is 30.3 Å². The Balaban J connectivity index is 1.85. The average Bonchev–Trinajstić information content (AvgIpc) is 2.52. The highest BCUT2D eigenvalue weighted by Gasteiger charge is 2.22. The number of ether oxygens (including phenoxy) is 1. The van der Waals surface area contributed by atoms with Crippen molar-refractivity contribution >= 4 is 12.0 Å². The summed E-state index contributed by atoms with van der Waals surface area (Å²) in [7, 11) is 0. The number of hydrogen-bond acceptors (Lipinski definition) is 3. The predicted octanol–water partition coefficient (Wildman–Crippen LogP) is 1.54. The van der Waals surface area contributed by atoms with E-state index in [0.717, 1.165) is 26.1 Å². The van der Waals surface area contributed by atoms with Gasteiger partial charge in [-0.15, -0.1) is 0 Å². The highest BCUT2D eigenvalue weighted by Crippen LogP contribution is 2.14. The minimum Gasteiger partial charge on any atom is -0.479 e. The van der Waals surface area contributed by atoms with Crippen LogP contribution in [-0.2, 0) is 9.53 Å². The van der Waals surface area contributed by atoms with Gasteiger partial charge in [0, 0.05) is 19.8 Å². The molecule has 1 aromatic rings. The fourth-order valence-electron chi connectivity index (χ4n) is 2.30. The average molecular weight is 292 g/mol.